The van der Waals surface area contributed by atoms with Crippen LogP contribution in [0.25, 0.3) is 0 Å². The summed E-state index contributed by atoms with van der Waals surface area (Å²) in [4.78, 5) is 0. The average Bonchev–Trinajstić information content (AvgIpc) is 2.47. The maximum Gasteiger partial charge on any atom is 0.0766 e. The molecule has 0 amide bonds. The van der Waals surface area contributed by atoms with Crippen LogP contribution in [0.2, 0.25) is 0 Å². The van der Waals surface area contributed by atoms with Crippen molar-refractivity contribution in [3.63, 3.8) is 0 Å². The Balaban J connectivity index is 2.32. The molecule has 0 bridgehead atoms. The fraction of sp³-hybridized carbons (Fsp3) is 1.00. The van der Waals surface area contributed by atoms with Gasteiger partial charge in [0.25, 0.3) is 0 Å². The normalized spacial score (nSPS) is 32.1. The Labute approximate surface area is 88.1 Å². The SMILES string of the molecule is CC1CCCC1NCC(C)(O)C(C)C. The zero-order valence-corrected chi connectivity index (χ0v) is 10.0. The number of hydrogen-bond acceptors (Lipinski definition) is 2. The summed E-state index contributed by atoms with van der Waals surface area (Å²) in [5.74, 6) is 1.09. The van der Waals surface area contributed by atoms with Gasteiger partial charge >= 0.3 is 0 Å². The summed E-state index contributed by atoms with van der Waals surface area (Å²) in [7, 11) is 0. The Hall–Kier alpha value is -0.0800. The molecule has 2 heteroatoms. The van der Waals surface area contributed by atoms with E-state index in [0.717, 1.165) is 12.5 Å². The van der Waals surface area contributed by atoms with Gasteiger partial charge in [-0.1, -0.05) is 27.2 Å². The molecule has 1 rings (SSSR count). The van der Waals surface area contributed by atoms with Gasteiger partial charge in [0.15, 0.2) is 0 Å². The van der Waals surface area contributed by atoms with Crippen LogP contribution in [-0.4, -0.2) is 23.3 Å². The van der Waals surface area contributed by atoms with Crippen LogP contribution >= 0.6 is 0 Å². The van der Waals surface area contributed by atoms with Crippen LogP contribution in [0, 0.1) is 11.8 Å². The predicted molar refractivity (Wildman–Crippen MR) is 60.3 cm³/mol. The van der Waals surface area contributed by atoms with Crippen LogP contribution in [0.1, 0.15) is 47.0 Å². The quantitative estimate of drug-likeness (QED) is 0.727. The van der Waals surface area contributed by atoms with E-state index >= 15 is 0 Å². The van der Waals surface area contributed by atoms with E-state index in [0.29, 0.717) is 12.0 Å². The summed E-state index contributed by atoms with van der Waals surface area (Å²) in [6, 6.07) is 0.625. The molecular weight excluding hydrogens is 174 g/mol. The lowest BCUT2D eigenvalue weighted by Gasteiger charge is -2.30. The zero-order chi connectivity index (χ0) is 10.8. The van der Waals surface area contributed by atoms with Crippen LogP contribution in [0.5, 0.6) is 0 Å². The first-order chi connectivity index (χ1) is 6.43. The van der Waals surface area contributed by atoms with Gasteiger partial charge in [0.05, 0.1) is 5.60 Å². The monoisotopic (exact) mass is 199 g/mol. The van der Waals surface area contributed by atoms with Gasteiger partial charge in [-0.25, -0.2) is 0 Å². The van der Waals surface area contributed by atoms with Gasteiger partial charge < -0.3 is 10.4 Å². The minimum atomic E-state index is -0.567. The zero-order valence-electron chi connectivity index (χ0n) is 10.0. The molecule has 14 heavy (non-hydrogen) atoms. The minimum Gasteiger partial charge on any atom is -0.389 e. The first kappa shape index (κ1) is 12.0. The summed E-state index contributed by atoms with van der Waals surface area (Å²) in [5.41, 5.74) is -0.567. The minimum absolute atomic E-state index is 0.312. The standard InChI is InChI=1S/C12H25NO/c1-9(2)12(4,14)8-13-11-7-5-6-10(11)3/h9-11,13-14H,5-8H2,1-4H3. The first-order valence-electron chi connectivity index (χ1n) is 5.89. The molecule has 84 valence electrons. The summed E-state index contributed by atoms with van der Waals surface area (Å²) >= 11 is 0. The van der Waals surface area contributed by atoms with Crippen molar-refractivity contribution < 1.29 is 5.11 Å². The lowest BCUT2D eigenvalue weighted by molar-refractivity contribution is 0.0109. The van der Waals surface area contributed by atoms with Crippen molar-refractivity contribution in [3.8, 4) is 0 Å². The predicted octanol–water partition coefficient (Wildman–Crippen LogP) is 2.17. The highest BCUT2D eigenvalue weighted by atomic mass is 16.3. The maximum absolute atomic E-state index is 10.1. The molecule has 1 aliphatic carbocycles. The van der Waals surface area contributed by atoms with Gasteiger partial charge in [-0.15, -0.1) is 0 Å². The second-order valence-corrected chi connectivity index (χ2v) is 5.41. The van der Waals surface area contributed by atoms with Crippen LogP contribution in [0.4, 0.5) is 0 Å². The smallest absolute Gasteiger partial charge is 0.0766 e. The largest absolute Gasteiger partial charge is 0.389 e. The molecule has 3 unspecified atom stereocenters. The van der Waals surface area contributed by atoms with Gasteiger partial charge in [-0.05, 0) is 31.6 Å². The Morgan fingerprint density at radius 1 is 1.43 bits per heavy atom. The molecule has 1 fully saturated rings. The Morgan fingerprint density at radius 3 is 2.50 bits per heavy atom. The van der Waals surface area contributed by atoms with Gasteiger partial charge in [0.2, 0.25) is 0 Å². The van der Waals surface area contributed by atoms with Crippen molar-refractivity contribution in [2.75, 3.05) is 6.54 Å². The Kier molecular flexibility index (Phi) is 3.96. The van der Waals surface area contributed by atoms with Crippen molar-refractivity contribution in [2.24, 2.45) is 11.8 Å². The van der Waals surface area contributed by atoms with Crippen LogP contribution in [-0.2, 0) is 0 Å². The molecule has 0 heterocycles. The number of nitrogens with one attached hydrogen (secondary N) is 1. The van der Waals surface area contributed by atoms with Crippen LogP contribution < -0.4 is 5.32 Å². The molecule has 0 spiro atoms. The fourth-order valence-electron chi connectivity index (χ4n) is 1.99. The van der Waals surface area contributed by atoms with Crippen molar-refractivity contribution in [1.29, 1.82) is 0 Å². The third-order valence-electron chi connectivity index (χ3n) is 3.83. The Bertz CT molecular complexity index is 177. The van der Waals surface area contributed by atoms with Gasteiger partial charge in [-0.3, -0.25) is 0 Å². The molecule has 0 aromatic rings. The van der Waals surface area contributed by atoms with E-state index in [9.17, 15) is 5.11 Å². The summed E-state index contributed by atoms with van der Waals surface area (Å²) in [5, 5.41) is 13.6. The van der Waals surface area contributed by atoms with E-state index in [1.165, 1.54) is 19.3 Å². The maximum atomic E-state index is 10.1. The number of hydrogen-bond donors (Lipinski definition) is 2. The molecule has 0 aromatic heterocycles. The third-order valence-corrected chi connectivity index (χ3v) is 3.83. The van der Waals surface area contributed by atoms with Gasteiger partial charge in [0, 0.05) is 12.6 Å². The van der Waals surface area contributed by atoms with E-state index in [1.54, 1.807) is 0 Å². The van der Waals surface area contributed by atoms with Crippen molar-refractivity contribution in [2.45, 2.75) is 58.6 Å². The summed E-state index contributed by atoms with van der Waals surface area (Å²) in [6.07, 6.45) is 3.94. The molecule has 1 aliphatic rings. The topological polar surface area (TPSA) is 32.3 Å². The first-order valence-corrected chi connectivity index (χ1v) is 5.89. The second-order valence-electron chi connectivity index (χ2n) is 5.41. The van der Waals surface area contributed by atoms with Crippen molar-refractivity contribution in [3.05, 3.63) is 0 Å². The third kappa shape index (κ3) is 2.96. The average molecular weight is 199 g/mol. The molecule has 0 aliphatic heterocycles. The second kappa shape index (κ2) is 4.63. The molecule has 2 N–H and O–H groups in total. The molecule has 3 atom stereocenters. The number of rotatable bonds is 4. The van der Waals surface area contributed by atoms with Crippen LogP contribution in [0.15, 0.2) is 0 Å². The van der Waals surface area contributed by atoms with E-state index in [1.807, 2.05) is 6.92 Å². The molecule has 1 saturated carbocycles. The molecule has 0 radical (unpaired) electrons. The molecule has 2 nitrogen and oxygen atoms in total. The number of aliphatic hydroxyl groups is 1. The van der Waals surface area contributed by atoms with Crippen molar-refractivity contribution >= 4 is 0 Å². The fourth-order valence-corrected chi connectivity index (χ4v) is 1.99. The van der Waals surface area contributed by atoms with Gasteiger partial charge in [-0.2, -0.15) is 0 Å². The highest BCUT2D eigenvalue weighted by Gasteiger charge is 2.28. The molecule has 0 aromatic carbocycles. The van der Waals surface area contributed by atoms with E-state index in [2.05, 4.69) is 26.1 Å². The summed E-state index contributed by atoms with van der Waals surface area (Å²) in [6.45, 7) is 9.08. The lowest BCUT2D eigenvalue weighted by atomic mass is 9.92. The lowest BCUT2D eigenvalue weighted by Crippen LogP contribution is -2.46. The Morgan fingerprint density at radius 2 is 2.07 bits per heavy atom. The van der Waals surface area contributed by atoms with E-state index in [4.69, 9.17) is 0 Å². The highest BCUT2D eigenvalue weighted by Crippen LogP contribution is 2.25. The molecule has 0 saturated heterocycles. The molecular formula is C12H25NO. The van der Waals surface area contributed by atoms with Crippen LogP contribution in [0.3, 0.4) is 0 Å². The van der Waals surface area contributed by atoms with Crippen molar-refractivity contribution in [1.82, 2.24) is 5.32 Å². The van der Waals surface area contributed by atoms with E-state index < -0.39 is 5.60 Å². The van der Waals surface area contributed by atoms with E-state index in [-0.39, 0.29) is 0 Å². The summed E-state index contributed by atoms with van der Waals surface area (Å²) < 4.78 is 0. The highest BCUT2D eigenvalue weighted by molar-refractivity contribution is 4.85. The van der Waals surface area contributed by atoms with Gasteiger partial charge in [0.1, 0.15) is 0 Å².